The van der Waals surface area contributed by atoms with Gasteiger partial charge in [0.15, 0.2) is 0 Å². The topological polar surface area (TPSA) is 45.5 Å². The molecule has 0 spiro atoms. The number of ether oxygens (including phenoxy) is 2. The fourth-order valence-corrected chi connectivity index (χ4v) is 7.10. The first kappa shape index (κ1) is 27.3. The first-order valence-electron chi connectivity index (χ1n) is 15.8. The number of benzene rings is 2. The smallest absolute Gasteiger partial charge is 0.139 e. The van der Waals surface area contributed by atoms with E-state index in [2.05, 4.69) is 55.6 Å². The van der Waals surface area contributed by atoms with Gasteiger partial charge in [-0.2, -0.15) is 0 Å². The van der Waals surface area contributed by atoms with Crippen LogP contribution in [0.15, 0.2) is 66.9 Å². The molecule has 4 aromatic rings. The molecule has 0 N–H and O–H groups in total. The summed E-state index contributed by atoms with van der Waals surface area (Å²) in [5.74, 6) is 1.58. The Hall–Kier alpha value is -3.55. The quantitative estimate of drug-likeness (QED) is 0.239. The van der Waals surface area contributed by atoms with Crippen LogP contribution in [0.25, 0.3) is 16.9 Å². The van der Waals surface area contributed by atoms with Crippen molar-refractivity contribution >= 4 is 11.3 Å². The van der Waals surface area contributed by atoms with Crippen molar-refractivity contribution in [3.05, 3.63) is 78.1 Å². The van der Waals surface area contributed by atoms with Crippen LogP contribution in [0, 0.1) is 0 Å². The number of hydrogen-bond acceptors (Lipinski definition) is 6. The summed E-state index contributed by atoms with van der Waals surface area (Å²) in [7, 11) is 1.70. The average Bonchev–Trinajstić information content (AvgIpc) is 3.83. The zero-order valence-corrected chi connectivity index (χ0v) is 24.9. The highest BCUT2D eigenvalue weighted by atomic mass is 16.5. The van der Waals surface area contributed by atoms with Crippen molar-refractivity contribution in [1.82, 2.24) is 19.2 Å². The summed E-state index contributed by atoms with van der Waals surface area (Å²) in [5.41, 5.74) is 6.63. The predicted molar refractivity (Wildman–Crippen MR) is 169 cm³/mol. The number of piperazine rings is 1. The highest BCUT2D eigenvalue weighted by Crippen LogP contribution is 2.37. The summed E-state index contributed by atoms with van der Waals surface area (Å²) < 4.78 is 14.4. The Morgan fingerprint density at radius 2 is 1.62 bits per heavy atom. The van der Waals surface area contributed by atoms with Gasteiger partial charge in [0.05, 0.1) is 18.5 Å². The van der Waals surface area contributed by atoms with Crippen LogP contribution < -0.4 is 14.4 Å². The van der Waals surface area contributed by atoms with Gasteiger partial charge in [-0.25, -0.2) is 4.98 Å². The maximum absolute atomic E-state index is 6.46. The number of hydrogen-bond donors (Lipinski definition) is 0. The van der Waals surface area contributed by atoms with E-state index in [1.54, 1.807) is 7.11 Å². The molecule has 7 rings (SSSR count). The van der Waals surface area contributed by atoms with Crippen LogP contribution in [0.1, 0.15) is 49.8 Å². The number of nitrogens with zero attached hydrogens (tertiary/aromatic N) is 5. The van der Waals surface area contributed by atoms with E-state index in [9.17, 15) is 0 Å². The molecular formula is C35H43N5O2. The molecule has 42 heavy (non-hydrogen) atoms. The molecule has 3 aliphatic rings. The molecule has 4 heterocycles. The molecule has 0 amide bonds. The highest BCUT2D eigenvalue weighted by Gasteiger charge is 2.27. The minimum atomic E-state index is 0.493. The lowest BCUT2D eigenvalue weighted by Crippen LogP contribution is -2.49. The van der Waals surface area contributed by atoms with Crippen LogP contribution in [0.4, 0.5) is 5.69 Å². The number of pyridine rings is 1. The molecule has 220 valence electrons. The fourth-order valence-electron chi connectivity index (χ4n) is 7.10. The van der Waals surface area contributed by atoms with Crippen LogP contribution in [0.3, 0.4) is 0 Å². The van der Waals surface area contributed by atoms with E-state index >= 15 is 0 Å². The highest BCUT2D eigenvalue weighted by molar-refractivity contribution is 5.74. The second kappa shape index (κ2) is 12.4. The number of rotatable bonds is 9. The second-order valence-electron chi connectivity index (χ2n) is 12.1. The molecular weight excluding hydrogens is 522 g/mol. The lowest BCUT2D eigenvalue weighted by atomic mass is 10.1. The van der Waals surface area contributed by atoms with E-state index in [0.717, 1.165) is 85.8 Å². The maximum atomic E-state index is 6.46. The molecule has 0 radical (unpaired) electrons. The standard InChI is InChI=1S/C35H43N5O2/c1-41-30-13-14-31(33(24-30)42-26-27-9-3-2-4-10-27)35-32(25-37-16-7-8-17-37)40-18-15-29(23-34(40)36-35)39-21-19-38(20-22-39)28-11-5-6-12-28/h2-4,9-10,13-15,18,23-24,28H,5-8,11-12,16-17,19-22,25-26H2,1H3. The Balaban J connectivity index is 1.21. The van der Waals surface area contributed by atoms with Gasteiger partial charge in [-0.3, -0.25) is 9.80 Å². The lowest BCUT2D eigenvalue weighted by Gasteiger charge is -2.39. The first-order valence-corrected chi connectivity index (χ1v) is 15.8. The summed E-state index contributed by atoms with van der Waals surface area (Å²) in [6.07, 6.45) is 10.3. The van der Waals surface area contributed by atoms with Gasteiger partial charge >= 0.3 is 0 Å². The van der Waals surface area contributed by atoms with E-state index in [4.69, 9.17) is 14.5 Å². The summed E-state index contributed by atoms with van der Waals surface area (Å²) in [6.45, 7) is 8.11. The Labute approximate surface area is 249 Å². The lowest BCUT2D eigenvalue weighted by molar-refractivity contribution is 0.187. The number of imidazole rings is 1. The molecule has 2 aromatic heterocycles. The fraction of sp³-hybridized carbons (Fsp3) is 0.457. The molecule has 3 fully saturated rings. The zero-order chi connectivity index (χ0) is 28.3. The molecule has 0 bridgehead atoms. The molecule has 2 saturated heterocycles. The monoisotopic (exact) mass is 565 g/mol. The molecule has 0 unspecified atom stereocenters. The molecule has 1 saturated carbocycles. The first-order chi connectivity index (χ1) is 20.7. The van der Waals surface area contributed by atoms with Crippen LogP contribution in [0.2, 0.25) is 0 Å². The Morgan fingerprint density at radius 1 is 0.833 bits per heavy atom. The molecule has 2 aromatic carbocycles. The van der Waals surface area contributed by atoms with Gasteiger partial charge in [-0.05, 0) is 62.5 Å². The Morgan fingerprint density at radius 3 is 2.38 bits per heavy atom. The van der Waals surface area contributed by atoms with Gasteiger partial charge in [0.2, 0.25) is 0 Å². The summed E-state index contributed by atoms with van der Waals surface area (Å²) in [5, 5.41) is 0. The minimum absolute atomic E-state index is 0.493. The number of anilines is 1. The van der Waals surface area contributed by atoms with Crippen molar-refractivity contribution in [2.75, 3.05) is 51.3 Å². The normalized spacial score (nSPS) is 18.7. The molecule has 7 heteroatoms. The van der Waals surface area contributed by atoms with Crippen molar-refractivity contribution < 1.29 is 9.47 Å². The summed E-state index contributed by atoms with van der Waals surface area (Å²) >= 11 is 0. The summed E-state index contributed by atoms with van der Waals surface area (Å²) in [6, 6.07) is 21.8. The van der Waals surface area contributed by atoms with Crippen molar-refractivity contribution in [2.24, 2.45) is 0 Å². The SMILES string of the molecule is COc1ccc(-c2nc3cc(N4CCN(C5CCCC5)CC4)ccn3c2CN2CCCC2)c(OCc2ccccc2)c1. The molecule has 1 aliphatic carbocycles. The van der Waals surface area contributed by atoms with E-state index in [0.29, 0.717) is 6.61 Å². The number of methoxy groups -OCH3 is 1. The third kappa shape index (κ3) is 5.72. The molecule has 0 atom stereocenters. The van der Waals surface area contributed by atoms with Gasteiger partial charge in [0.25, 0.3) is 0 Å². The van der Waals surface area contributed by atoms with E-state index in [1.807, 2.05) is 30.3 Å². The van der Waals surface area contributed by atoms with Crippen molar-refractivity contribution in [2.45, 2.75) is 57.7 Å². The van der Waals surface area contributed by atoms with Gasteiger partial charge in [-0.15, -0.1) is 0 Å². The van der Waals surface area contributed by atoms with Gasteiger partial charge in [0, 0.05) is 68.3 Å². The van der Waals surface area contributed by atoms with Crippen molar-refractivity contribution in [3.63, 3.8) is 0 Å². The average molecular weight is 566 g/mol. The second-order valence-corrected chi connectivity index (χ2v) is 12.1. The van der Waals surface area contributed by atoms with Crippen LogP contribution in [-0.2, 0) is 13.2 Å². The Kier molecular flexibility index (Phi) is 8.03. The largest absolute Gasteiger partial charge is 0.497 e. The van der Waals surface area contributed by atoms with E-state index in [1.165, 1.54) is 49.9 Å². The van der Waals surface area contributed by atoms with E-state index < -0.39 is 0 Å². The van der Waals surface area contributed by atoms with Gasteiger partial charge < -0.3 is 18.8 Å². The molecule has 7 nitrogen and oxygen atoms in total. The van der Waals surface area contributed by atoms with Gasteiger partial charge in [0.1, 0.15) is 23.8 Å². The third-order valence-corrected chi connectivity index (χ3v) is 9.48. The zero-order valence-electron chi connectivity index (χ0n) is 24.9. The predicted octanol–water partition coefficient (Wildman–Crippen LogP) is 6.25. The number of aromatic nitrogens is 2. The Bertz CT molecular complexity index is 1480. The van der Waals surface area contributed by atoms with Gasteiger partial charge in [-0.1, -0.05) is 43.2 Å². The third-order valence-electron chi connectivity index (χ3n) is 9.48. The van der Waals surface area contributed by atoms with Crippen molar-refractivity contribution in [3.8, 4) is 22.8 Å². The number of fused-ring (bicyclic) bond motifs is 1. The number of likely N-dealkylation sites (tertiary alicyclic amines) is 1. The maximum Gasteiger partial charge on any atom is 0.139 e. The summed E-state index contributed by atoms with van der Waals surface area (Å²) in [4.78, 5) is 13.1. The minimum Gasteiger partial charge on any atom is -0.497 e. The van der Waals surface area contributed by atoms with Crippen LogP contribution >= 0.6 is 0 Å². The van der Waals surface area contributed by atoms with Crippen LogP contribution in [-0.4, -0.2) is 71.6 Å². The van der Waals surface area contributed by atoms with E-state index in [-0.39, 0.29) is 0 Å². The van der Waals surface area contributed by atoms with Crippen molar-refractivity contribution in [1.29, 1.82) is 0 Å². The molecule has 2 aliphatic heterocycles. The van der Waals surface area contributed by atoms with Crippen LogP contribution in [0.5, 0.6) is 11.5 Å².